The van der Waals surface area contributed by atoms with Gasteiger partial charge in [0, 0.05) is 17.3 Å². The molecule has 0 spiro atoms. The Morgan fingerprint density at radius 3 is 2.57 bits per heavy atom. The molecule has 0 aliphatic rings. The Kier molecular flexibility index (Phi) is 4.84. The Balaban J connectivity index is 1.99. The van der Waals surface area contributed by atoms with Gasteiger partial charge < -0.3 is 5.32 Å². The van der Waals surface area contributed by atoms with E-state index in [1.54, 1.807) is 42.5 Å². The smallest absolute Gasteiger partial charge is 0.248 e. The molecule has 1 N–H and O–H groups in total. The lowest BCUT2D eigenvalue weighted by Gasteiger charge is -2.03. The highest BCUT2D eigenvalue weighted by molar-refractivity contribution is 6.01. The van der Waals surface area contributed by atoms with Crippen LogP contribution in [0.3, 0.4) is 0 Å². The van der Waals surface area contributed by atoms with Crippen molar-refractivity contribution in [2.45, 2.75) is 6.42 Å². The summed E-state index contributed by atoms with van der Waals surface area (Å²) < 4.78 is 13.4. The quantitative estimate of drug-likeness (QED) is 0.871. The second kappa shape index (κ2) is 7.01. The maximum Gasteiger partial charge on any atom is 0.248 e. The Bertz CT molecular complexity index is 699. The first-order chi connectivity index (χ1) is 10.2. The molecule has 0 aromatic heterocycles. The topological polar surface area (TPSA) is 52.9 Å². The van der Waals surface area contributed by atoms with Gasteiger partial charge in [0.2, 0.25) is 5.91 Å². The van der Waals surface area contributed by atoms with E-state index in [2.05, 4.69) is 11.4 Å². The molecule has 0 saturated heterocycles. The summed E-state index contributed by atoms with van der Waals surface area (Å²) in [5.41, 5.74) is 1.87. The lowest BCUT2D eigenvalue weighted by atomic mass is 10.1. The van der Waals surface area contributed by atoms with Crippen molar-refractivity contribution in [1.82, 2.24) is 0 Å². The van der Waals surface area contributed by atoms with E-state index in [-0.39, 0.29) is 11.7 Å². The van der Waals surface area contributed by atoms with Crippen LogP contribution < -0.4 is 5.32 Å². The molecule has 2 rings (SSSR count). The molecule has 21 heavy (non-hydrogen) atoms. The van der Waals surface area contributed by atoms with Gasteiger partial charge in [-0.2, -0.15) is 5.26 Å². The molecule has 0 heterocycles. The Hall–Kier alpha value is -2.93. The number of carbonyl (C=O) groups is 1. The normalized spacial score (nSPS) is 10.3. The molecule has 0 aliphatic carbocycles. The van der Waals surface area contributed by atoms with Crippen LogP contribution in [0.4, 0.5) is 10.1 Å². The standard InChI is InChI=1S/C17H13FN2O/c18-16-4-2-1-3-14(16)7-10-17(21)20-15-8-5-13(6-9-15)11-12-19/h1-10H,11H2,(H,20,21)/b10-7+. The lowest BCUT2D eigenvalue weighted by Crippen LogP contribution is -2.07. The van der Waals surface area contributed by atoms with Crippen LogP contribution in [0.25, 0.3) is 6.08 Å². The summed E-state index contributed by atoms with van der Waals surface area (Å²) in [6.45, 7) is 0. The zero-order valence-corrected chi connectivity index (χ0v) is 11.2. The van der Waals surface area contributed by atoms with Crippen molar-refractivity contribution in [2.75, 3.05) is 5.32 Å². The molecule has 0 fully saturated rings. The number of nitriles is 1. The Morgan fingerprint density at radius 2 is 1.90 bits per heavy atom. The predicted molar refractivity (Wildman–Crippen MR) is 79.8 cm³/mol. The number of nitrogens with one attached hydrogen (secondary N) is 1. The Morgan fingerprint density at radius 1 is 1.19 bits per heavy atom. The molecule has 3 nitrogen and oxygen atoms in total. The first-order valence-electron chi connectivity index (χ1n) is 6.38. The van der Waals surface area contributed by atoms with E-state index in [4.69, 9.17) is 5.26 Å². The number of benzene rings is 2. The third-order valence-corrected chi connectivity index (χ3v) is 2.82. The Labute approximate surface area is 122 Å². The van der Waals surface area contributed by atoms with Gasteiger partial charge in [0.25, 0.3) is 0 Å². The second-order valence-electron chi connectivity index (χ2n) is 4.38. The van der Waals surface area contributed by atoms with E-state index in [9.17, 15) is 9.18 Å². The third-order valence-electron chi connectivity index (χ3n) is 2.82. The molecule has 104 valence electrons. The highest BCUT2D eigenvalue weighted by atomic mass is 19.1. The van der Waals surface area contributed by atoms with E-state index >= 15 is 0 Å². The number of amides is 1. The van der Waals surface area contributed by atoms with Crippen LogP contribution in [0.2, 0.25) is 0 Å². The predicted octanol–water partition coefficient (Wildman–Crippen LogP) is 3.54. The van der Waals surface area contributed by atoms with Crippen molar-refractivity contribution in [3.8, 4) is 6.07 Å². The molecule has 0 atom stereocenters. The van der Waals surface area contributed by atoms with Crippen molar-refractivity contribution in [3.63, 3.8) is 0 Å². The van der Waals surface area contributed by atoms with Gasteiger partial charge in [0.05, 0.1) is 12.5 Å². The van der Waals surface area contributed by atoms with E-state index in [1.807, 2.05) is 0 Å². The molecular formula is C17H13FN2O. The third kappa shape index (κ3) is 4.29. The molecular weight excluding hydrogens is 267 g/mol. The van der Waals surface area contributed by atoms with Gasteiger partial charge in [-0.25, -0.2) is 4.39 Å². The monoisotopic (exact) mass is 280 g/mol. The van der Waals surface area contributed by atoms with Crippen molar-refractivity contribution >= 4 is 17.7 Å². The molecule has 4 heteroatoms. The van der Waals surface area contributed by atoms with Crippen LogP contribution in [0, 0.1) is 17.1 Å². The molecule has 1 amide bonds. The summed E-state index contributed by atoms with van der Waals surface area (Å²) in [6, 6.07) is 15.3. The minimum absolute atomic E-state index is 0.335. The second-order valence-corrected chi connectivity index (χ2v) is 4.38. The molecule has 0 unspecified atom stereocenters. The van der Waals surface area contributed by atoms with Crippen LogP contribution in [-0.2, 0) is 11.2 Å². The van der Waals surface area contributed by atoms with E-state index in [1.165, 1.54) is 18.2 Å². The van der Waals surface area contributed by atoms with Crippen molar-refractivity contribution in [3.05, 3.63) is 71.6 Å². The zero-order valence-electron chi connectivity index (χ0n) is 11.2. The fourth-order valence-electron chi connectivity index (χ4n) is 1.76. The minimum Gasteiger partial charge on any atom is -0.323 e. The maximum absolute atomic E-state index is 13.4. The maximum atomic E-state index is 13.4. The van der Waals surface area contributed by atoms with E-state index in [0.717, 1.165) is 5.56 Å². The van der Waals surface area contributed by atoms with Crippen molar-refractivity contribution < 1.29 is 9.18 Å². The first-order valence-corrected chi connectivity index (χ1v) is 6.38. The summed E-state index contributed by atoms with van der Waals surface area (Å²) in [6.07, 6.45) is 3.04. The van der Waals surface area contributed by atoms with Gasteiger partial charge >= 0.3 is 0 Å². The largest absolute Gasteiger partial charge is 0.323 e. The average molecular weight is 280 g/mol. The fraction of sp³-hybridized carbons (Fsp3) is 0.0588. The molecule has 0 saturated carbocycles. The number of anilines is 1. The van der Waals surface area contributed by atoms with E-state index in [0.29, 0.717) is 17.7 Å². The number of halogens is 1. The summed E-state index contributed by atoms with van der Waals surface area (Å²) in [5, 5.41) is 11.2. The average Bonchev–Trinajstić information content (AvgIpc) is 2.49. The van der Waals surface area contributed by atoms with Gasteiger partial charge in [-0.05, 0) is 29.8 Å². The van der Waals surface area contributed by atoms with Crippen molar-refractivity contribution in [2.24, 2.45) is 0 Å². The SMILES string of the molecule is N#CCc1ccc(NC(=O)/C=C/c2ccccc2F)cc1. The summed E-state index contributed by atoms with van der Waals surface area (Å²) in [5.74, 6) is -0.714. The highest BCUT2D eigenvalue weighted by Gasteiger charge is 2.00. The lowest BCUT2D eigenvalue weighted by molar-refractivity contribution is -0.111. The molecule has 2 aromatic rings. The van der Waals surface area contributed by atoms with Crippen LogP contribution in [0.1, 0.15) is 11.1 Å². The van der Waals surface area contributed by atoms with Gasteiger partial charge in [-0.15, -0.1) is 0 Å². The molecule has 2 aromatic carbocycles. The summed E-state index contributed by atoms with van der Waals surface area (Å²) >= 11 is 0. The molecule has 0 aliphatic heterocycles. The van der Waals surface area contributed by atoms with Crippen molar-refractivity contribution in [1.29, 1.82) is 5.26 Å². The highest BCUT2D eigenvalue weighted by Crippen LogP contribution is 2.11. The minimum atomic E-state index is -0.373. The number of carbonyl (C=O) groups excluding carboxylic acids is 1. The first kappa shape index (κ1) is 14.5. The fourth-order valence-corrected chi connectivity index (χ4v) is 1.76. The number of hydrogen-bond acceptors (Lipinski definition) is 2. The summed E-state index contributed by atoms with van der Waals surface area (Å²) in [4.78, 5) is 11.7. The van der Waals surface area contributed by atoms with E-state index < -0.39 is 0 Å². The zero-order chi connectivity index (χ0) is 15.1. The number of hydrogen-bond donors (Lipinski definition) is 1. The van der Waals surface area contributed by atoms with Gasteiger partial charge in [-0.3, -0.25) is 4.79 Å². The summed E-state index contributed by atoms with van der Waals surface area (Å²) in [7, 11) is 0. The van der Waals surface area contributed by atoms with Crippen LogP contribution in [-0.4, -0.2) is 5.91 Å². The van der Waals surface area contributed by atoms with Gasteiger partial charge in [0.1, 0.15) is 5.82 Å². The molecule has 0 bridgehead atoms. The van der Waals surface area contributed by atoms with Crippen LogP contribution >= 0.6 is 0 Å². The number of rotatable bonds is 4. The molecule has 0 radical (unpaired) electrons. The van der Waals surface area contributed by atoms with Crippen LogP contribution in [0.5, 0.6) is 0 Å². The number of nitrogens with zero attached hydrogens (tertiary/aromatic N) is 1. The van der Waals surface area contributed by atoms with Gasteiger partial charge in [-0.1, -0.05) is 30.3 Å². The van der Waals surface area contributed by atoms with Gasteiger partial charge in [0.15, 0.2) is 0 Å². The van der Waals surface area contributed by atoms with Crippen LogP contribution in [0.15, 0.2) is 54.6 Å².